The molecule has 0 bridgehead atoms. The number of anilines is 1. The Bertz CT molecular complexity index is 1080. The van der Waals surface area contributed by atoms with Gasteiger partial charge in [-0.05, 0) is 50.7 Å². The Balaban J connectivity index is 1.51. The summed E-state index contributed by atoms with van der Waals surface area (Å²) in [5, 5.41) is 4.67. The zero-order valence-electron chi connectivity index (χ0n) is 15.9. The van der Waals surface area contributed by atoms with Gasteiger partial charge in [-0.25, -0.2) is 14.6 Å². The molecule has 140 valence electrons. The molecule has 7 heteroatoms. The SMILES string of the molecule is Cc1cc2ncnc(N3CCCC3Cn3nc4c(cc3=O)CCC4)c2n1C. The Morgan fingerprint density at radius 3 is 2.96 bits per heavy atom. The quantitative estimate of drug-likeness (QED) is 0.711. The van der Waals surface area contributed by atoms with Crippen LogP contribution in [0.1, 0.15) is 36.2 Å². The van der Waals surface area contributed by atoms with Crippen molar-refractivity contribution in [2.45, 2.75) is 51.6 Å². The van der Waals surface area contributed by atoms with Gasteiger partial charge in [0.2, 0.25) is 0 Å². The van der Waals surface area contributed by atoms with Gasteiger partial charge in [0.25, 0.3) is 5.56 Å². The molecule has 27 heavy (non-hydrogen) atoms. The Kier molecular flexibility index (Phi) is 3.77. The molecule has 0 N–H and O–H groups in total. The highest BCUT2D eigenvalue weighted by Gasteiger charge is 2.29. The standard InChI is InChI=1S/C20H24N6O/c1-13-9-17-19(24(13)2)20(22-12-21-17)25-8-4-6-15(25)11-26-18(27)10-14-5-3-7-16(14)23-26/h9-10,12,15H,3-8,11H2,1-2H3. The largest absolute Gasteiger partial charge is 0.350 e. The van der Waals surface area contributed by atoms with Crippen molar-refractivity contribution in [1.29, 1.82) is 0 Å². The third kappa shape index (κ3) is 2.64. The van der Waals surface area contributed by atoms with E-state index in [9.17, 15) is 4.79 Å². The maximum absolute atomic E-state index is 12.5. The summed E-state index contributed by atoms with van der Waals surface area (Å²) in [5.41, 5.74) is 5.46. The summed E-state index contributed by atoms with van der Waals surface area (Å²) in [6.45, 7) is 3.64. The van der Waals surface area contributed by atoms with Crippen LogP contribution in [0, 0.1) is 6.92 Å². The second-order valence-corrected chi connectivity index (χ2v) is 7.76. The molecular weight excluding hydrogens is 340 g/mol. The Morgan fingerprint density at radius 2 is 2.07 bits per heavy atom. The smallest absolute Gasteiger partial charge is 0.267 e. The monoisotopic (exact) mass is 364 g/mol. The van der Waals surface area contributed by atoms with Gasteiger partial charge >= 0.3 is 0 Å². The molecule has 5 rings (SSSR count). The summed E-state index contributed by atoms with van der Waals surface area (Å²) >= 11 is 0. The van der Waals surface area contributed by atoms with Crippen LogP contribution in [-0.2, 0) is 26.4 Å². The lowest BCUT2D eigenvalue weighted by atomic mass is 10.2. The van der Waals surface area contributed by atoms with Crippen LogP contribution < -0.4 is 10.5 Å². The zero-order chi connectivity index (χ0) is 18.5. The van der Waals surface area contributed by atoms with Gasteiger partial charge in [0.15, 0.2) is 5.82 Å². The van der Waals surface area contributed by atoms with E-state index in [4.69, 9.17) is 0 Å². The zero-order valence-corrected chi connectivity index (χ0v) is 15.9. The van der Waals surface area contributed by atoms with Crippen molar-refractivity contribution in [3.05, 3.63) is 45.8 Å². The minimum Gasteiger partial charge on any atom is -0.350 e. The van der Waals surface area contributed by atoms with Crippen LogP contribution >= 0.6 is 0 Å². The molecule has 4 heterocycles. The second-order valence-electron chi connectivity index (χ2n) is 7.76. The van der Waals surface area contributed by atoms with Crippen LogP contribution in [-0.4, -0.2) is 36.9 Å². The summed E-state index contributed by atoms with van der Waals surface area (Å²) < 4.78 is 3.82. The first-order valence-electron chi connectivity index (χ1n) is 9.75. The predicted octanol–water partition coefficient (Wildman–Crippen LogP) is 1.99. The minimum absolute atomic E-state index is 0.0186. The summed E-state index contributed by atoms with van der Waals surface area (Å²) in [6.07, 6.45) is 6.86. The van der Waals surface area contributed by atoms with Gasteiger partial charge in [-0.2, -0.15) is 5.10 Å². The van der Waals surface area contributed by atoms with Gasteiger partial charge in [0, 0.05) is 25.4 Å². The van der Waals surface area contributed by atoms with Crippen molar-refractivity contribution in [1.82, 2.24) is 24.3 Å². The second kappa shape index (κ2) is 6.18. The number of hydrogen-bond donors (Lipinski definition) is 0. The van der Waals surface area contributed by atoms with Gasteiger partial charge in [-0.1, -0.05) is 0 Å². The summed E-state index contributed by atoms with van der Waals surface area (Å²) in [6, 6.07) is 4.11. The van der Waals surface area contributed by atoms with Crippen LogP contribution in [0.25, 0.3) is 11.0 Å². The Labute approximate surface area is 157 Å². The molecule has 0 radical (unpaired) electrons. The highest BCUT2D eigenvalue weighted by molar-refractivity contribution is 5.87. The first-order valence-corrected chi connectivity index (χ1v) is 9.75. The maximum atomic E-state index is 12.5. The predicted molar refractivity (Wildman–Crippen MR) is 104 cm³/mol. The van der Waals surface area contributed by atoms with Crippen LogP contribution in [0.15, 0.2) is 23.3 Å². The topological polar surface area (TPSA) is 68.8 Å². The fourth-order valence-corrected chi connectivity index (χ4v) is 4.57. The molecule has 1 saturated heterocycles. The van der Waals surface area contributed by atoms with Crippen LogP contribution in [0.5, 0.6) is 0 Å². The van der Waals surface area contributed by atoms with E-state index in [1.807, 2.05) is 0 Å². The fourth-order valence-electron chi connectivity index (χ4n) is 4.57. The molecule has 1 atom stereocenters. The third-order valence-corrected chi connectivity index (χ3v) is 6.10. The average Bonchev–Trinajstić information content (AvgIpc) is 3.36. The van der Waals surface area contributed by atoms with E-state index in [2.05, 4.69) is 44.6 Å². The van der Waals surface area contributed by atoms with E-state index in [1.165, 1.54) is 5.69 Å². The lowest BCUT2D eigenvalue weighted by Crippen LogP contribution is -2.38. The normalized spacial score (nSPS) is 19.2. The van der Waals surface area contributed by atoms with Gasteiger partial charge in [-0.15, -0.1) is 0 Å². The molecule has 1 aliphatic carbocycles. The summed E-state index contributed by atoms with van der Waals surface area (Å²) in [7, 11) is 2.06. The van der Waals surface area contributed by atoms with Crippen molar-refractivity contribution in [2.75, 3.05) is 11.4 Å². The molecule has 0 saturated carbocycles. The number of nitrogens with zero attached hydrogens (tertiary/aromatic N) is 6. The number of aromatic nitrogens is 5. The van der Waals surface area contributed by atoms with Gasteiger partial charge in [0.1, 0.15) is 11.8 Å². The lowest BCUT2D eigenvalue weighted by Gasteiger charge is -2.26. The lowest BCUT2D eigenvalue weighted by molar-refractivity contribution is 0.482. The number of rotatable bonds is 3. The number of hydrogen-bond acceptors (Lipinski definition) is 5. The van der Waals surface area contributed by atoms with E-state index >= 15 is 0 Å². The van der Waals surface area contributed by atoms with E-state index in [-0.39, 0.29) is 11.6 Å². The minimum atomic E-state index is 0.0186. The Hall–Kier alpha value is -2.70. The first-order chi connectivity index (χ1) is 13.1. The van der Waals surface area contributed by atoms with Gasteiger partial charge in [0.05, 0.1) is 23.8 Å². The Morgan fingerprint density at radius 1 is 1.19 bits per heavy atom. The van der Waals surface area contributed by atoms with Crippen LogP contribution in [0.2, 0.25) is 0 Å². The number of fused-ring (bicyclic) bond motifs is 2. The van der Waals surface area contributed by atoms with Gasteiger partial charge < -0.3 is 9.47 Å². The molecule has 1 aliphatic heterocycles. The van der Waals surface area contributed by atoms with Crippen LogP contribution in [0.3, 0.4) is 0 Å². The summed E-state index contributed by atoms with van der Waals surface area (Å²) in [4.78, 5) is 23.9. The molecular formula is C20H24N6O. The molecule has 1 fully saturated rings. The highest BCUT2D eigenvalue weighted by atomic mass is 16.1. The van der Waals surface area contributed by atoms with Crippen LogP contribution in [0.4, 0.5) is 5.82 Å². The fraction of sp³-hybridized carbons (Fsp3) is 0.500. The molecule has 0 aromatic carbocycles. The number of aryl methyl sites for hydroxylation is 4. The molecule has 2 aliphatic rings. The van der Waals surface area contributed by atoms with E-state index in [0.29, 0.717) is 6.54 Å². The van der Waals surface area contributed by atoms with Crippen molar-refractivity contribution in [3.8, 4) is 0 Å². The molecule has 1 unspecified atom stereocenters. The molecule has 3 aromatic heterocycles. The van der Waals surface area contributed by atoms with E-state index in [1.54, 1.807) is 17.1 Å². The maximum Gasteiger partial charge on any atom is 0.267 e. The van der Waals surface area contributed by atoms with Crippen molar-refractivity contribution in [2.24, 2.45) is 7.05 Å². The van der Waals surface area contributed by atoms with Crippen molar-refractivity contribution < 1.29 is 0 Å². The molecule has 3 aromatic rings. The third-order valence-electron chi connectivity index (χ3n) is 6.10. The molecule has 0 spiro atoms. The highest BCUT2D eigenvalue weighted by Crippen LogP contribution is 2.31. The van der Waals surface area contributed by atoms with E-state index < -0.39 is 0 Å². The van der Waals surface area contributed by atoms with Crippen molar-refractivity contribution in [3.63, 3.8) is 0 Å². The average molecular weight is 364 g/mol. The molecule has 0 amide bonds. The molecule has 7 nitrogen and oxygen atoms in total. The van der Waals surface area contributed by atoms with Crippen molar-refractivity contribution >= 4 is 16.9 Å². The first kappa shape index (κ1) is 16.5. The summed E-state index contributed by atoms with van der Waals surface area (Å²) in [5.74, 6) is 0.965. The van der Waals surface area contributed by atoms with E-state index in [0.717, 1.165) is 66.8 Å². The van der Waals surface area contributed by atoms with Gasteiger partial charge in [-0.3, -0.25) is 4.79 Å².